The summed E-state index contributed by atoms with van der Waals surface area (Å²) < 4.78 is 0. The van der Waals surface area contributed by atoms with Crippen LogP contribution in [0, 0.1) is 6.92 Å². The topological polar surface area (TPSA) is 63.4 Å². The van der Waals surface area contributed by atoms with Crippen molar-refractivity contribution in [3.05, 3.63) is 64.8 Å². The number of H-pyrrole nitrogens is 1. The fourth-order valence-electron chi connectivity index (χ4n) is 6.29. The van der Waals surface area contributed by atoms with E-state index in [1.807, 2.05) is 6.07 Å². The SMILES string of the molecule is Cc1ccc2cc(C(=O)N3CCC[C@H]3CCN3CCNC(c4cccc5c4NCCC5)C3)[nH]c2c1. The Balaban J connectivity index is 1.10. The Bertz CT molecular complexity index is 1220. The number of nitrogens with zero attached hydrogens (tertiary/aromatic N) is 2. The third-order valence-corrected chi connectivity index (χ3v) is 8.17. The van der Waals surface area contributed by atoms with E-state index in [2.05, 4.69) is 68.7 Å². The lowest BCUT2D eigenvalue weighted by molar-refractivity contribution is 0.0711. The second kappa shape index (κ2) is 9.67. The highest BCUT2D eigenvalue weighted by Crippen LogP contribution is 2.32. The number of aryl methyl sites for hydroxylation is 2. The van der Waals surface area contributed by atoms with E-state index >= 15 is 0 Å². The van der Waals surface area contributed by atoms with E-state index < -0.39 is 0 Å². The Morgan fingerprint density at radius 3 is 2.97 bits per heavy atom. The van der Waals surface area contributed by atoms with E-state index in [4.69, 9.17) is 0 Å². The molecule has 2 aromatic carbocycles. The van der Waals surface area contributed by atoms with Crippen LogP contribution in [0.5, 0.6) is 0 Å². The number of carbonyl (C=O) groups excluding carboxylic acids is 1. The largest absolute Gasteiger partial charge is 0.385 e. The number of amides is 1. The van der Waals surface area contributed by atoms with Gasteiger partial charge in [-0.1, -0.05) is 30.3 Å². The van der Waals surface area contributed by atoms with Gasteiger partial charge in [0.1, 0.15) is 5.69 Å². The summed E-state index contributed by atoms with van der Waals surface area (Å²) in [6.45, 7) is 8.17. The number of hydrogen-bond acceptors (Lipinski definition) is 4. The molecule has 0 saturated carbocycles. The Morgan fingerprint density at radius 2 is 2.03 bits per heavy atom. The van der Waals surface area contributed by atoms with Crippen LogP contribution in [0.1, 0.15) is 58.9 Å². The Morgan fingerprint density at radius 1 is 1.09 bits per heavy atom. The molecule has 4 heterocycles. The van der Waals surface area contributed by atoms with Crippen LogP contribution in [0.3, 0.4) is 0 Å². The number of rotatable bonds is 5. The van der Waals surface area contributed by atoms with Gasteiger partial charge in [0, 0.05) is 67.9 Å². The van der Waals surface area contributed by atoms with Crippen molar-refractivity contribution in [2.75, 3.05) is 44.6 Å². The lowest BCUT2D eigenvalue weighted by Gasteiger charge is -2.36. The first-order valence-electron chi connectivity index (χ1n) is 13.4. The Hall–Kier alpha value is -2.83. The number of benzene rings is 2. The maximum Gasteiger partial charge on any atom is 0.270 e. The van der Waals surface area contributed by atoms with Gasteiger partial charge in [-0.3, -0.25) is 4.79 Å². The number of para-hydroxylation sites is 1. The van der Waals surface area contributed by atoms with E-state index in [1.165, 1.54) is 35.2 Å². The second-order valence-electron chi connectivity index (χ2n) is 10.6. The predicted molar refractivity (Wildman–Crippen MR) is 142 cm³/mol. The average molecular weight is 472 g/mol. The number of fused-ring (bicyclic) bond motifs is 2. The summed E-state index contributed by atoms with van der Waals surface area (Å²) >= 11 is 0. The van der Waals surface area contributed by atoms with Gasteiger partial charge < -0.3 is 25.4 Å². The summed E-state index contributed by atoms with van der Waals surface area (Å²) in [5.41, 5.74) is 7.21. The molecule has 2 fully saturated rings. The summed E-state index contributed by atoms with van der Waals surface area (Å²) in [7, 11) is 0. The molecule has 3 aromatic rings. The molecule has 184 valence electrons. The molecule has 6 rings (SSSR count). The van der Waals surface area contributed by atoms with Gasteiger partial charge in [-0.2, -0.15) is 0 Å². The van der Waals surface area contributed by atoms with Gasteiger partial charge in [-0.05, 0) is 67.9 Å². The number of likely N-dealkylation sites (tertiary alicyclic amines) is 1. The third-order valence-electron chi connectivity index (χ3n) is 8.17. The molecule has 0 bridgehead atoms. The van der Waals surface area contributed by atoms with Crippen molar-refractivity contribution in [3.8, 4) is 0 Å². The molecule has 2 atom stereocenters. The molecule has 3 aliphatic rings. The smallest absolute Gasteiger partial charge is 0.270 e. The van der Waals surface area contributed by atoms with Gasteiger partial charge in [0.25, 0.3) is 5.91 Å². The highest BCUT2D eigenvalue weighted by molar-refractivity contribution is 5.98. The highest BCUT2D eigenvalue weighted by Gasteiger charge is 2.31. The molecule has 35 heavy (non-hydrogen) atoms. The fraction of sp³-hybridized carbons (Fsp3) is 0.483. The van der Waals surface area contributed by atoms with E-state index in [9.17, 15) is 4.79 Å². The Kier molecular flexibility index (Phi) is 6.25. The fourth-order valence-corrected chi connectivity index (χ4v) is 6.29. The normalized spacial score (nSPS) is 22.8. The molecule has 1 unspecified atom stereocenters. The molecule has 6 heteroatoms. The number of aromatic amines is 1. The van der Waals surface area contributed by atoms with Crippen molar-refractivity contribution in [3.63, 3.8) is 0 Å². The average Bonchev–Trinajstić information content (AvgIpc) is 3.54. The van der Waals surface area contributed by atoms with E-state index in [0.717, 1.165) is 75.1 Å². The van der Waals surface area contributed by atoms with Crippen LogP contribution in [0.4, 0.5) is 5.69 Å². The molecule has 3 N–H and O–H groups in total. The number of nitrogens with one attached hydrogen (secondary N) is 3. The first-order valence-corrected chi connectivity index (χ1v) is 13.4. The van der Waals surface area contributed by atoms with Crippen LogP contribution in [-0.2, 0) is 6.42 Å². The molecule has 1 amide bonds. The highest BCUT2D eigenvalue weighted by atomic mass is 16.2. The van der Waals surface area contributed by atoms with Gasteiger partial charge in [0.05, 0.1) is 0 Å². The minimum atomic E-state index is 0.154. The number of carbonyl (C=O) groups is 1. The van der Waals surface area contributed by atoms with Gasteiger partial charge in [0.2, 0.25) is 0 Å². The quantitative estimate of drug-likeness (QED) is 0.514. The van der Waals surface area contributed by atoms with Crippen LogP contribution in [0.25, 0.3) is 10.9 Å². The standard InChI is InChI=1S/C29H37N5O/c1-20-9-10-22-18-26(32-25(22)17-20)29(35)34-14-4-7-23(34)11-15-33-16-13-30-27(19-33)24-8-2-5-21-6-3-12-31-28(21)24/h2,5,8-10,17-18,23,27,30-32H,3-4,6-7,11-16,19H2,1H3/t23-,27?/m0/s1. The molecular formula is C29H37N5O. The van der Waals surface area contributed by atoms with E-state index in [-0.39, 0.29) is 5.91 Å². The molecule has 1 aromatic heterocycles. The van der Waals surface area contributed by atoms with Gasteiger partial charge >= 0.3 is 0 Å². The van der Waals surface area contributed by atoms with Gasteiger partial charge in [-0.15, -0.1) is 0 Å². The lowest BCUT2D eigenvalue weighted by atomic mass is 9.94. The van der Waals surface area contributed by atoms with Gasteiger partial charge in [-0.25, -0.2) is 0 Å². The van der Waals surface area contributed by atoms with Crippen molar-refractivity contribution in [2.24, 2.45) is 0 Å². The van der Waals surface area contributed by atoms with Crippen molar-refractivity contribution in [1.82, 2.24) is 20.1 Å². The third kappa shape index (κ3) is 4.57. The lowest BCUT2D eigenvalue weighted by Crippen LogP contribution is -2.47. The monoisotopic (exact) mass is 471 g/mol. The number of aromatic nitrogens is 1. The van der Waals surface area contributed by atoms with Crippen LogP contribution in [-0.4, -0.2) is 66.0 Å². The number of hydrogen-bond donors (Lipinski definition) is 3. The Labute approximate surface area is 208 Å². The minimum absolute atomic E-state index is 0.154. The maximum absolute atomic E-state index is 13.4. The molecule has 6 nitrogen and oxygen atoms in total. The minimum Gasteiger partial charge on any atom is -0.385 e. The van der Waals surface area contributed by atoms with Crippen molar-refractivity contribution in [1.29, 1.82) is 0 Å². The number of piperazine rings is 1. The van der Waals surface area contributed by atoms with Crippen molar-refractivity contribution >= 4 is 22.5 Å². The molecule has 2 saturated heterocycles. The molecular weight excluding hydrogens is 434 g/mol. The summed E-state index contributed by atoms with van der Waals surface area (Å²) in [5, 5.41) is 8.53. The first-order chi connectivity index (χ1) is 17.2. The maximum atomic E-state index is 13.4. The van der Waals surface area contributed by atoms with Crippen molar-refractivity contribution in [2.45, 2.75) is 51.1 Å². The van der Waals surface area contributed by atoms with E-state index in [0.29, 0.717) is 12.1 Å². The zero-order chi connectivity index (χ0) is 23.8. The predicted octanol–water partition coefficient (Wildman–Crippen LogP) is 4.48. The molecule has 0 aliphatic carbocycles. The zero-order valence-electron chi connectivity index (χ0n) is 20.8. The molecule has 0 radical (unpaired) electrons. The van der Waals surface area contributed by atoms with Crippen LogP contribution < -0.4 is 10.6 Å². The molecule has 0 spiro atoms. The molecule has 3 aliphatic heterocycles. The van der Waals surface area contributed by atoms with Gasteiger partial charge in [0.15, 0.2) is 0 Å². The summed E-state index contributed by atoms with van der Waals surface area (Å²) in [5.74, 6) is 0.154. The van der Waals surface area contributed by atoms with Crippen LogP contribution in [0.15, 0.2) is 42.5 Å². The van der Waals surface area contributed by atoms with Crippen LogP contribution >= 0.6 is 0 Å². The summed E-state index contributed by atoms with van der Waals surface area (Å²) in [4.78, 5) is 21.5. The summed E-state index contributed by atoms with van der Waals surface area (Å²) in [6.07, 6.45) is 5.64. The number of anilines is 1. The second-order valence-corrected chi connectivity index (χ2v) is 10.6. The zero-order valence-corrected chi connectivity index (χ0v) is 20.8. The van der Waals surface area contributed by atoms with E-state index in [1.54, 1.807) is 0 Å². The first kappa shape index (κ1) is 22.6. The van der Waals surface area contributed by atoms with Crippen LogP contribution in [0.2, 0.25) is 0 Å². The summed E-state index contributed by atoms with van der Waals surface area (Å²) in [6, 6.07) is 15.8. The van der Waals surface area contributed by atoms with Crippen molar-refractivity contribution < 1.29 is 4.79 Å².